The number of nitrogens with zero attached hydrogens (tertiary/aromatic N) is 1. The summed E-state index contributed by atoms with van der Waals surface area (Å²) in [5.74, 6) is 1.81. The summed E-state index contributed by atoms with van der Waals surface area (Å²) < 4.78 is 0. The summed E-state index contributed by atoms with van der Waals surface area (Å²) in [6.45, 7) is 8.72. The van der Waals surface area contributed by atoms with Crippen LogP contribution in [0.1, 0.15) is 52.4 Å². The van der Waals surface area contributed by atoms with E-state index in [0.29, 0.717) is 0 Å². The second-order valence-electron chi connectivity index (χ2n) is 5.77. The van der Waals surface area contributed by atoms with E-state index in [1.807, 2.05) is 0 Å². The van der Waals surface area contributed by atoms with Gasteiger partial charge in [0.2, 0.25) is 0 Å². The van der Waals surface area contributed by atoms with Gasteiger partial charge in [0.05, 0.1) is 0 Å². The lowest BCUT2D eigenvalue weighted by Gasteiger charge is -2.35. The number of likely N-dealkylation sites (tertiary alicyclic amines) is 1. The molecule has 2 rings (SSSR count). The largest absolute Gasteiger partial charge is 0.303 e. The summed E-state index contributed by atoms with van der Waals surface area (Å²) in [5, 5.41) is 0. The molecule has 2 unspecified atom stereocenters. The topological polar surface area (TPSA) is 3.24 Å². The summed E-state index contributed by atoms with van der Waals surface area (Å²) in [4.78, 5) is 2.71. The van der Waals surface area contributed by atoms with Gasteiger partial charge in [-0.3, -0.25) is 0 Å². The normalized spacial score (nSPS) is 35.5. The third-order valence-electron chi connectivity index (χ3n) is 4.50. The fourth-order valence-corrected chi connectivity index (χ4v) is 3.49. The highest BCUT2D eigenvalue weighted by Crippen LogP contribution is 2.33. The second kappa shape index (κ2) is 5.86. The predicted octanol–water partition coefficient (Wildman–Crippen LogP) is 3.85. The van der Waals surface area contributed by atoms with E-state index in [9.17, 15) is 0 Å². The van der Waals surface area contributed by atoms with E-state index in [2.05, 4.69) is 24.8 Å². The van der Waals surface area contributed by atoms with E-state index in [4.69, 9.17) is 0 Å². The number of allylic oxidation sites excluding steroid dienone is 2. The average Bonchev–Trinajstić information content (AvgIpc) is 2.31. The van der Waals surface area contributed by atoms with E-state index in [-0.39, 0.29) is 0 Å². The molecule has 2 atom stereocenters. The van der Waals surface area contributed by atoms with Crippen molar-refractivity contribution in [3.63, 3.8) is 0 Å². The molecule has 0 N–H and O–H groups in total. The van der Waals surface area contributed by atoms with Gasteiger partial charge in [0.25, 0.3) is 0 Å². The van der Waals surface area contributed by atoms with Crippen LogP contribution in [0.3, 0.4) is 0 Å². The van der Waals surface area contributed by atoms with Crippen molar-refractivity contribution in [3.05, 3.63) is 11.6 Å². The minimum Gasteiger partial charge on any atom is -0.303 e. The van der Waals surface area contributed by atoms with E-state index < -0.39 is 0 Å². The third kappa shape index (κ3) is 3.10. The van der Waals surface area contributed by atoms with Crippen LogP contribution in [0, 0.1) is 11.8 Å². The van der Waals surface area contributed by atoms with Crippen LogP contribution in [0.25, 0.3) is 0 Å². The van der Waals surface area contributed by atoms with Crippen LogP contribution in [0.15, 0.2) is 11.6 Å². The Hall–Kier alpha value is -0.300. The van der Waals surface area contributed by atoms with Gasteiger partial charge in [-0.2, -0.15) is 0 Å². The zero-order valence-electron chi connectivity index (χ0n) is 11.0. The first-order valence-electron chi connectivity index (χ1n) is 7.17. The SMILES string of the molecule is C/C=C1/CCC(CN2CCCCC2)CC1C. The molecular formula is C15H27N. The highest BCUT2D eigenvalue weighted by Gasteiger charge is 2.24. The minimum atomic E-state index is 0.841. The van der Waals surface area contributed by atoms with E-state index in [1.54, 1.807) is 5.57 Å². The third-order valence-corrected chi connectivity index (χ3v) is 4.50. The summed E-state index contributed by atoms with van der Waals surface area (Å²) >= 11 is 0. The minimum absolute atomic E-state index is 0.841. The lowest BCUT2D eigenvalue weighted by molar-refractivity contribution is 0.171. The Labute approximate surface area is 101 Å². The molecule has 0 aromatic carbocycles. The smallest absolute Gasteiger partial charge is 0.000998 e. The van der Waals surface area contributed by atoms with Crippen LogP contribution < -0.4 is 0 Å². The van der Waals surface area contributed by atoms with Gasteiger partial charge in [-0.25, -0.2) is 0 Å². The summed E-state index contributed by atoms with van der Waals surface area (Å²) in [5.41, 5.74) is 1.70. The quantitative estimate of drug-likeness (QED) is 0.640. The van der Waals surface area contributed by atoms with Crippen LogP contribution >= 0.6 is 0 Å². The molecule has 0 bridgehead atoms. The fourth-order valence-electron chi connectivity index (χ4n) is 3.49. The van der Waals surface area contributed by atoms with Crippen molar-refractivity contribution >= 4 is 0 Å². The molecule has 1 aliphatic heterocycles. The van der Waals surface area contributed by atoms with Gasteiger partial charge in [0.15, 0.2) is 0 Å². The summed E-state index contributed by atoms with van der Waals surface area (Å²) in [7, 11) is 0. The molecule has 0 aromatic rings. The fraction of sp³-hybridized carbons (Fsp3) is 0.867. The van der Waals surface area contributed by atoms with Crippen LogP contribution in [0.2, 0.25) is 0 Å². The lowest BCUT2D eigenvalue weighted by atomic mass is 9.78. The monoisotopic (exact) mass is 221 g/mol. The second-order valence-corrected chi connectivity index (χ2v) is 5.77. The molecule has 0 spiro atoms. The Kier molecular flexibility index (Phi) is 4.45. The van der Waals surface area contributed by atoms with Crippen molar-refractivity contribution in [1.29, 1.82) is 0 Å². The Morgan fingerprint density at radius 1 is 1.25 bits per heavy atom. The van der Waals surface area contributed by atoms with Gasteiger partial charge >= 0.3 is 0 Å². The van der Waals surface area contributed by atoms with Crippen molar-refractivity contribution in [2.75, 3.05) is 19.6 Å². The number of hydrogen-bond donors (Lipinski definition) is 0. The molecule has 0 amide bonds. The molecule has 1 aliphatic carbocycles. The van der Waals surface area contributed by atoms with Gasteiger partial charge in [0, 0.05) is 6.54 Å². The first-order valence-corrected chi connectivity index (χ1v) is 7.17. The van der Waals surface area contributed by atoms with Crippen LogP contribution in [0.5, 0.6) is 0 Å². The van der Waals surface area contributed by atoms with Crippen LogP contribution in [-0.4, -0.2) is 24.5 Å². The van der Waals surface area contributed by atoms with Crippen LogP contribution in [-0.2, 0) is 0 Å². The van der Waals surface area contributed by atoms with Crippen molar-refractivity contribution in [2.45, 2.75) is 52.4 Å². The van der Waals surface area contributed by atoms with Crippen molar-refractivity contribution in [1.82, 2.24) is 4.90 Å². The Morgan fingerprint density at radius 2 is 2.00 bits per heavy atom. The highest BCUT2D eigenvalue weighted by atomic mass is 15.1. The standard InChI is InChI=1S/C15H27N/c1-3-15-8-7-14(11-13(15)2)12-16-9-5-4-6-10-16/h3,13-14H,4-12H2,1-2H3/b15-3-. The van der Waals surface area contributed by atoms with E-state index >= 15 is 0 Å². The van der Waals surface area contributed by atoms with Gasteiger partial charge in [-0.1, -0.05) is 25.0 Å². The van der Waals surface area contributed by atoms with E-state index in [0.717, 1.165) is 11.8 Å². The molecule has 0 aromatic heterocycles. The van der Waals surface area contributed by atoms with Gasteiger partial charge < -0.3 is 4.90 Å². The maximum Gasteiger partial charge on any atom is 0.000998 e. The highest BCUT2D eigenvalue weighted by molar-refractivity contribution is 5.08. The zero-order chi connectivity index (χ0) is 11.4. The van der Waals surface area contributed by atoms with Crippen LogP contribution in [0.4, 0.5) is 0 Å². The molecule has 1 heterocycles. The van der Waals surface area contributed by atoms with Gasteiger partial charge in [-0.05, 0) is 64.0 Å². The van der Waals surface area contributed by atoms with Crippen molar-refractivity contribution < 1.29 is 0 Å². The molecular weight excluding hydrogens is 194 g/mol. The van der Waals surface area contributed by atoms with Gasteiger partial charge in [-0.15, -0.1) is 0 Å². The molecule has 1 heteroatoms. The Balaban J connectivity index is 1.78. The van der Waals surface area contributed by atoms with Crippen molar-refractivity contribution in [2.24, 2.45) is 11.8 Å². The molecule has 92 valence electrons. The van der Waals surface area contributed by atoms with Crippen molar-refractivity contribution in [3.8, 4) is 0 Å². The Bertz CT molecular complexity index is 238. The molecule has 0 radical (unpaired) electrons. The molecule has 1 nitrogen and oxygen atoms in total. The summed E-state index contributed by atoms with van der Waals surface area (Å²) in [6.07, 6.45) is 10.9. The average molecular weight is 221 g/mol. The predicted molar refractivity (Wildman–Crippen MR) is 70.6 cm³/mol. The van der Waals surface area contributed by atoms with E-state index in [1.165, 1.54) is 58.2 Å². The van der Waals surface area contributed by atoms with Gasteiger partial charge in [0.1, 0.15) is 0 Å². The number of piperidine rings is 1. The number of rotatable bonds is 2. The maximum atomic E-state index is 2.71. The first-order chi connectivity index (χ1) is 7.79. The molecule has 2 aliphatic rings. The maximum absolute atomic E-state index is 2.71. The molecule has 1 saturated carbocycles. The zero-order valence-corrected chi connectivity index (χ0v) is 11.0. The Morgan fingerprint density at radius 3 is 2.62 bits per heavy atom. The molecule has 16 heavy (non-hydrogen) atoms. The lowest BCUT2D eigenvalue weighted by Crippen LogP contribution is -2.35. The molecule has 1 saturated heterocycles. The number of hydrogen-bond acceptors (Lipinski definition) is 1. The summed E-state index contributed by atoms with van der Waals surface area (Å²) in [6, 6.07) is 0. The molecule has 2 fully saturated rings. The first kappa shape index (κ1) is 12.2.